The molecule has 0 atom stereocenters. The van der Waals surface area contributed by atoms with E-state index in [1.54, 1.807) is 37.1 Å². The highest BCUT2D eigenvalue weighted by Gasteiger charge is 2.40. The second-order valence-corrected chi connectivity index (χ2v) is 6.89. The summed E-state index contributed by atoms with van der Waals surface area (Å²) in [5.74, 6) is -0.645. The molecule has 4 nitrogen and oxygen atoms in total. The Bertz CT molecular complexity index is 894. The summed E-state index contributed by atoms with van der Waals surface area (Å²) in [7, 11) is 1.80. The van der Waals surface area contributed by atoms with Crippen LogP contribution in [-0.2, 0) is 16.1 Å². The number of rotatable bonds is 5. The first-order valence-corrected chi connectivity index (χ1v) is 9.00. The number of halogens is 2. The van der Waals surface area contributed by atoms with Gasteiger partial charge in [-0.2, -0.15) is 0 Å². The minimum Gasteiger partial charge on any atom is -0.365 e. The molecule has 0 aromatic heterocycles. The van der Waals surface area contributed by atoms with Crippen LogP contribution in [0.25, 0.3) is 5.57 Å². The van der Waals surface area contributed by atoms with Crippen LogP contribution >= 0.6 is 23.2 Å². The van der Waals surface area contributed by atoms with E-state index in [0.717, 1.165) is 5.56 Å². The first-order chi connectivity index (χ1) is 12.4. The molecule has 2 amide bonds. The van der Waals surface area contributed by atoms with E-state index in [1.807, 2.05) is 30.3 Å². The van der Waals surface area contributed by atoms with Gasteiger partial charge in [0.25, 0.3) is 11.8 Å². The number of nitrogens with zero attached hydrogens (tertiary/aromatic N) is 2. The summed E-state index contributed by atoms with van der Waals surface area (Å²) in [4.78, 5) is 28.8. The normalized spacial score (nSPS) is 14.4. The number of carbonyl (C=O) groups is 2. The third-order valence-electron chi connectivity index (χ3n) is 4.30. The van der Waals surface area contributed by atoms with E-state index in [2.05, 4.69) is 0 Å². The van der Waals surface area contributed by atoms with E-state index in [-0.39, 0.29) is 11.8 Å². The second kappa shape index (κ2) is 7.52. The Hall–Kier alpha value is -2.30. The first kappa shape index (κ1) is 18.5. The van der Waals surface area contributed by atoms with Crippen LogP contribution in [0.3, 0.4) is 0 Å². The average Bonchev–Trinajstić information content (AvgIpc) is 2.86. The third kappa shape index (κ3) is 3.35. The fraction of sp³-hybridized carbons (Fsp3) is 0.200. The van der Waals surface area contributed by atoms with E-state index >= 15 is 0 Å². The number of imide groups is 1. The zero-order valence-electron chi connectivity index (χ0n) is 14.5. The van der Waals surface area contributed by atoms with Crippen LogP contribution in [-0.4, -0.2) is 35.2 Å². The summed E-state index contributed by atoms with van der Waals surface area (Å²) >= 11 is 12.3. The summed E-state index contributed by atoms with van der Waals surface area (Å²) in [6, 6.07) is 14.7. The van der Waals surface area contributed by atoms with Crippen molar-refractivity contribution in [2.75, 3.05) is 13.6 Å². The topological polar surface area (TPSA) is 40.6 Å². The highest BCUT2D eigenvalue weighted by Crippen LogP contribution is 2.36. The molecule has 2 aromatic carbocycles. The van der Waals surface area contributed by atoms with Crippen LogP contribution in [0.4, 0.5) is 0 Å². The van der Waals surface area contributed by atoms with E-state index in [0.29, 0.717) is 40.0 Å². The fourth-order valence-corrected chi connectivity index (χ4v) is 3.58. The Balaban J connectivity index is 2.09. The summed E-state index contributed by atoms with van der Waals surface area (Å²) in [6.07, 6.45) is 0. The van der Waals surface area contributed by atoms with Crippen molar-refractivity contribution in [2.24, 2.45) is 0 Å². The molecule has 0 fully saturated rings. The molecule has 0 N–H and O–H groups in total. The summed E-state index contributed by atoms with van der Waals surface area (Å²) in [5.41, 5.74) is 2.22. The highest BCUT2D eigenvalue weighted by atomic mass is 35.5. The van der Waals surface area contributed by atoms with E-state index in [4.69, 9.17) is 23.2 Å². The smallest absolute Gasteiger partial charge is 0.277 e. The molecule has 0 saturated carbocycles. The molecule has 0 aliphatic carbocycles. The molecule has 0 bridgehead atoms. The minimum absolute atomic E-state index is 0.301. The van der Waals surface area contributed by atoms with Crippen molar-refractivity contribution in [1.29, 1.82) is 0 Å². The average molecular weight is 389 g/mol. The van der Waals surface area contributed by atoms with Crippen molar-refractivity contribution >= 4 is 40.6 Å². The number of likely N-dealkylation sites (N-methyl/N-ethyl adjacent to an activating group) is 2. The van der Waals surface area contributed by atoms with E-state index in [1.165, 1.54) is 4.90 Å². The maximum atomic E-state index is 12.9. The van der Waals surface area contributed by atoms with Crippen molar-refractivity contribution in [3.05, 3.63) is 75.4 Å². The van der Waals surface area contributed by atoms with Gasteiger partial charge in [0, 0.05) is 30.7 Å². The quantitative estimate of drug-likeness (QED) is 0.719. The van der Waals surface area contributed by atoms with E-state index in [9.17, 15) is 9.59 Å². The van der Waals surface area contributed by atoms with Gasteiger partial charge in [-0.25, -0.2) is 0 Å². The molecular weight excluding hydrogens is 371 g/mol. The second-order valence-electron chi connectivity index (χ2n) is 6.04. The predicted octanol–water partition coefficient (Wildman–Crippen LogP) is 4.23. The molecule has 0 unspecified atom stereocenters. The molecule has 2 aromatic rings. The lowest BCUT2D eigenvalue weighted by molar-refractivity contribution is -0.137. The zero-order chi connectivity index (χ0) is 18.8. The van der Waals surface area contributed by atoms with Gasteiger partial charge < -0.3 is 4.90 Å². The molecule has 1 aliphatic heterocycles. The van der Waals surface area contributed by atoms with Gasteiger partial charge in [0.2, 0.25) is 0 Å². The molecule has 3 rings (SSSR count). The highest BCUT2D eigenvalue weighted by molar-refractivity contribution is 6.41. The largest absolute Gasteiger partial charge is 0.365 e. The standard InChI is InChI=1S/C20H18Cl2N2O2/c1-3-24-19(25)17(15-10-9-14(21)11-16(15)22)18(20(24)26)23(2)12-13-7-5-4-6-8-13/h4-11H,3,12H2,1-2H3. The Morgan fingerprint density at radius 1 is 1.00 bits per heavy atom. The van der Waals surface area contributed by atoms with Crippen molar-refractivity contribution in [3.63, 3.8) is 0 Å². The Morgan fingerprint density at radius 2 is 1.69 bits per heavy atom. The number of benzene rings is 2. The number of carbonyl (C=O) groups excluding carboxylic acids is 2. The van der Waals surface area contributed by atoms with Crippen molar-refractivity contribution in [2.45, 2.75) is 13.5 Å². The molecule has 1 heterocycles. The molecule has 1 aliphatic rings. The lowest BCUT2D eigenvalue weighted by atomic mass is 10.0. The number of hydrogen-bond donors (Lipinski definition) is 0. The lowest BCUT2D eigenvalue weighted by Gasteiger charge is -2.21. The van der Waals surface area contributed by atoms with Gasteiger partial charge in [-0.3, -0.25) is 14.5 Å². The lowest BCUT2D eigenvalue weighted by Crippen LogP contribution is -2.33. The van der Waals surface area contributed by atoms with Crippen LogP contribution in [0.15, 0.2) is 54.2 Å². The first-order valence-electron chi connectivity index (χ1n) is 8.25. The summed E-state index contributed by atoms with van der Waals surface area (Å²) in [5, 5.41) is 0.819. The molecule has 0 spiro atoms. The molecule has 6 heteroatoms. The van der Waals surface area contributed by atoms with Crippen LogP contribution in [0.1, 0.15) is 18.1 Å². The summed E-state index contributed by atoms with van der Waals surface area (Å²) in [6.45, 7) is 2.58. The fourth-order valence-electron chi connectivity index (χ4n) is 3.08. The molecule has 134 valence electrons. The van der Waals surface area contributed by atoms with Crippen LogP contribution < -0.4 is 0 Å². The van der Waals surface area contributed by atoms with Gasteiger partial charge in [-0.1, -0.05) is 59.6 Å². The van der Waals surface area contributed by atoms with Crippen LogP contribution in [0.5, 0.6) is 0 Å². The Morgan fingerprint density at radius 3 is 2.31 bits per heavy atom. The van der Waals surface area contributed by atoms with Gasteiger partial charge >= 0.3 is 0 Å². The van der Waals surface area contributed by atoms with Crippen molar-refractivity contribution in [3.8, 4) is 0 Å². The van der Waals surface area contributed by atoms with Gasteiger partial charge in [0.05, 0.1) is 10.6 Å². The molecule has 26 heavy (non-hydrogen) atoms. The predicted molar refractivity (Wildman–Crippen MR) is 104 cm³/mol. The van der Waals surface area contributed by atoms with Crippen LogP contribution in [0, 0.1) is 0 Å². The van der Waals surface area contributed by atoms with Gasteiger partial charge in [0.15, 0.2) is 0 Å². The summed E-state index contributed by atoms with van der Waals surface area (Å²) < 4.78 is 0. The third-order valence-corrected chi connectivity index (χ3v) is 4.85. The van der Waals surface area contributed by atoms with Crippen molar-refractivity contribution < 1.29 is 9.59 Å². The maximum absolute atomic E-state index is 12.9. The zero-order valence-corrected chi connectivity index (χ0v) is 16.0. The number of amides is 2. The van der Waals surface area contributed by atoms with Crippen molar-refractivity contribution in [1.82, 2.24) is 9.80 Å². The van der Waals surface area contributed by atoms with E-state index < -0.39 is 0 Å². The van der Waals surface area contributed by atoms with Gasteiger partial charge in [-0.15, -0.1) is 0 Å². The Kier molecular flexibility index (Phi) is 5.35. The van der Waals surface area contributed by atoms with Gasteiger partial charge in [0.1, 0.15) is 5.70 Å². The monoisotopic (exact) mass is 388 g/mol. The SMILES string of the molecule is CCN1C(=O)C(c2ccc(Cl)cc2Cl)=C(N(C)Cc2ccccc2)C1=O. The maximum Gasteiger partial charge on any atom is 0.277 e. The number of hydrogen-bond acceptors (Lipinski definition) is 3. The van der Waals surface area contributed by atoms with Gasteiger partial charge in [-0.05, 0) is 24.6 Å². The van der Waals surface area contributed by atoms with Crippen LogP contribution in [0.2, 0.25) is 10.0 Å². The Labute approximate surface area is 162 Å². The minimum atomic E-state index is -0.336. The molecule has 0 radical (unpaired) electrons. The molecular formula is C20H18Cl2N2O2. The molecule has 0 saturated heterocycles.